The zero-order valence-electron chi connectivity index (χ0n) is 7.80. The van der Waals surface area contributed by atoms with Gasteiger partial charge in [0.05, 0.1) is 18.2 Å². The van der Waals surface area contributed by atoms with E-state index in [-0.39, 0.29) is 0 Å². The van der Waals surface area contributed by atoms with Crippen molar-refractivity contribution in [2.45, 2.75) is 6.92 Å². The van der Waals surface area contributed by atoms with Gasteiger partial charge in [0.2, 0.25) is 0 Å². The Morgan fingerprint density at radius 3 is 2.71 bits per heavy atom. The number of rotatable bonds is 1. The summed E-state index contributed by atoms with van der Waals surface area (Å²) in [5.74, 6) is -0.407. The molecule has 3 nitrogen and oxygen atoms in total. The van der Waals surface area contributed by atoms with E-state index in [9.17, 15) is 4.79 Å². The highest BCUT2D eigenvalue weighted by Crippen LogP contribution is 2.20. The molecular formula is C10H8INO2. The Hall–Kier alpha value is -1.09. The van der Waals surface area contributed by atoms with Crippen LogP contribution in [-0.2, 0) is 4.74 Å². The Morgan fingerprint density at radius 2 is 2.21 bits per heavy atom. The van der Waals surface area contributed by atoms with Crippen LogP contribution in [0.3, 0.4) is 0 Å². The lowest BCUT2D eigenvalue weighted by molar-refractivity contribution is 0.0600. The zero-order chi connectivity index (χ0) is 10.7. The Bertz CT molecular complexity index is 421. The van der Waals surface area contributed by atoms with E-state index in [0.29, 0.717) is 16.7 Å². The second kappa shape index (κ2) is 4.42. The molecule has 4 heteroatoms. The number of nitriles is 1. The lowest BCUT2D eigenvalue weighted by Gasteiger charge is -2.06. The van der Waals surface area contributed by atoms with Crippen LogP contribution in [0, 0.1) is 21.8 Å². The molecular weight excluding hydrogens is 293 g/mol. The predicted molar refractivity (Wildman–Crippen MR) is 60.0 cm³/mol. The van der Waals surface area contributed by atoms with Gasteiger partial charge < -0.3 is 4.74 Å². The van der Waals surface area contributed by atoms with Gasteiger partial charge >= 0.3 is 5.97 Å². The highest BCUT2D eigenvalue weighted by atomic mass is 127. The molecule has 0 aliphatic rings. The molecule has 72 valence electrons. The van der Waals surface area contributed by atoms with Crippen molar-refractivity contribution in [2.75, 3.05) is 7.11 Å². The third-order valence-electron chi connectivity index (χ3n) is 1.93. The van der Waals surface area contributed by atoms with Gasteiger partial charge in [0, 0.05) is 3.57 Å². The van der Waals surface area contributed by atoms with Crippen LogP contribution in [0.1, 0.15) is 21.5 Å². The fourth-order valence-electron chi connectivity index (χ4n) is 1.15. The van der Waals surface area contributed by atoms with Crippen LogP contribution in [0.15, 0.2) is 12.1 Å². The van der Waals surface area contributed by atoms with E-state index in [1.54, 1.807) is 19.1 Å². The minimum Gasteiger partial charge on any atom is -0.465 e. The molecule has 0 heterocycles. The van der Waals surface area contributed by atoms with Crippen LogP contribution < -0.4 is 0 Å². The number of halogens is 1. The highest BCUT2D eigenvalue weighted by Gasteiger charge is 2.13. The Morgan fingerprint density at radius 1 is 1.57 bits per heavy atom. The molecule has 0 aliphatic carbocycles. The average molecular weight is 301 g/mol. The molecule has 0 aliphatic heterocycles. The Balaban J connectivity index is 3.37. The van der Waals surface area contributed by atoms with Crippen molar-refractivity contribution in [2.24, 2.45) is 0 Å². The minimum atomic E-state index is -0.407. The zero-order valence-corrected chi connectivity index (χ0v) is 9.95. The first-order valence-corrected chi connectivity index (χ1v) is 4.97. The second-order valence-corrected chi connectivity index (χ2v) is 3.86. The minimum absolute atomic E-state index is 0.407. The van der Waals surface area contributed by atoms with Crippen molar-refractivity contribution < 1.29 is 9.53 Å². The summed E-state index contributed by atoms with van der Waals surface area (Å²) in [6.45, 7) is 1.74. The van der Waals surface area contributed by atoms with Crippen LogP contribution >= 0.6 is 22.6 Å². The molecule has 0 spiro atoms. The maximum absolute atomic E-state index is 11.3. The topological polar surface area (TPSA) is 50.1 Å². The number of nitrogens with zero attached hydrogens (tertiary/aromatic N) is 1. The van der Waals surface area contributed by atoms with Crippen LogP contribution in [0.5, 0.6) is 0 Å². The summed E-state index contributed by atoms with van der Waals surface area (Å²) in [7, 11) is 1.33. The standard InChI is InChI=1S/C10H8INO2/c1-6-7(10(13)14-2)3-4-9(11)8(6)5-12/h3-4H,1-2H3. The molecule has 0 amide bonds. The van der Waals surface area contributed by atoms with Gasteiger partial charge in [-0.25, -0.2) is 4.79 Å². The number of ether oxygens (including phenoxy) is 1. The van der Waals surface area contributed by atoms with Crippen molar-refractivity contribution >= 4 is 28.6 Å². The van der Waals surface area contributed by atoms with Gasteiger partial charge in [-0.3, -0.25) is 0 Å². The maximum atomic E-state index is 11.3. The fourth-order valence-corrected chi connectivity index (χ4v) is 1.85. The number of esters is 1. The van der Waals surface area contributed by atoms with Gasteiger partial charge in [-0.1, -0.05) is 0 Å². The summed E-state index contributed by atoms with van der Waals surface area (Å²) in [4.78, 5) is 11.3. The molecule has 1 rings (SSSR count). The molecule has 0 unspecified atom stereocenters. The number of carbonyl (C=O) groups excluding carboxylic acids is 1. The molecule has 0 saturated heterocycles. The fraction of sp³-hybridized carbons (Fsp3) is 0.200. The largest absolute Gasteiger partial charge is 0.465 e. The second-order valence-electron chi connectivity index (χ2n) is 2.70. The Kier molecular flexibility index (Phi) is 3.47. The highest BCUT2D eigenvalue weighted by molar-refractivity contribution is 14.1. The average Bonchev–Trinajstić information content (AvgIpc) is 2.18. The van der Waals surface area contributed by atoms with E-state index in [4.69, 9.17) is 5.26 Å². The smallest absolute Gasteiger partial charge is 0.338 e. The predicted octanol–water partition coefficient (Wildman–Crippen LogP) is 2.26. The molecule has 14 heavy (non-hydrogen) atoms. The van der Waals surface area contributed by atoms with Gasteiger partial charge in [-0.2, -0.15) is 5.26 Å². The van der Waals surface area contributed by atoms with E-state index in [1.807, 2.05) is 0 Å². The van der Waals surface area contributed by atoms with Gasteiger partial charge in [0.25, 0.3) is 0 Å². The summed E-state index contributed by atoms with van der Waals surface area (Å²) < 4.78 is 5.45. The lowest BCUT2D eigenvalue weighted by atomic mass is 10.0. The van der Waals surface area contributed by atoms with Crippen LogP contribution in [0.2, 0.25) is 0 Å². The molecule has 0 bridgehead atoms. The monoisotopic (exact) mass is 301 g/mol. The van der Waals surface area contributed by atoms with Gasteiger partial charge in [0.15, 0.2) is 0 Å². The van der Waals surface area contributed by atoms with Gasteiger partial charge in [0.1, 0.15) is 6.07 Å². The molecule has 0 aromatic heterocycles. The number of benzene rings is 1. The summed E-state index contributed by atoms with van der Waals surface area (Å²) in [6, 6.07) is 5.47. The van der Waals surface area contributed by atoms with Crippen molar-refractivity contribution in [3.05, 3.63) is 32.4 Å². The van der Waals surface area contributed by atoms with Crippen LogP contribution in [0.4, 0.5) is 0 Å². The van der Waals surface area contributed by atoms with E-state index < -0.39 is 5.97 Å². The van der Waals surface area contributed by atoms with Crippen LogP contribution in [0.25, 0.3) is 0 Å². The molecule has 0 fully saturated rings. The van der Waals surface area contributed by atoms with E-state index in [1.165, 1.54) is 7.11 Å². The van der Waals surface area contributed by atoms with E-state index >= 15 is 0 Å². The first-order valence-electron chi connectivity index (χ1n) is 3.89. The lowest BCUT2D eigenvalue weighted by Crippen LogP contribution is -2.05. The molecule has 1 aromatic carbocycles. The summed E-state index contributed by atoms with van der Waals surface area (Å²) in [5.41, 5.74) is 1.66. The number of hydrogen-bond donors (Lipinski definition) is 0. The van der Waals surface area contributed by atoms with Crippen molar-refractivity contribution in [1.29, 1.82) is 5.26 Å². The maximum Gasteiger partial charge on any atom is 0.338 e. The summed E-state index contributed by atoms with van der Waals surface area (Å²) >= 11 is 2.06. The normalized spacial score (nSPS) is 9.29. The van der Waals surface area contributed by atoms with Crippen LogP contribution in [-0.4, -0.2) is 13.1 Å². The molecule has 0 N–H and O–H groups in total. The number of hydrogen-bond acceptors (Lipinski definition) is 3. The summed E-state index contributed by atoms with van der Waals surface area (Å²) in [6.07, 6.45) is 0. The first-order chi connectivity index (χ1) is 6.61. The van der Waals surface area contributed by atoms with E-state index in [0.717, 1.165) is 3.57 Å². The third-order valence-corrected chi connectivity index (χ3v) is 2.83. The summed E-state index contributed by atoms with van der Waals surface area (Å²) in [5, 5.41) is 8.87. The molecule has 1 aromatic rings. The number of methoxy groups -OCH3 is 1. The SMILES string of the molecule is COC(=O)c1ccc(I)c(C#N)c1C. The first kappa shape index (κ1) is 11.0. The van der Waals surface area contributed by atoms with Crippen molar-refractivity contribution in [3.63, 3.8) is 0 Å². The quantitative estimate of drug-likeness (QED) is 0.590. The third kappa shape index (κ3) is 1.87. The van der Waals surface area contributed by atoms with Gasteiger partial charge in [-0.05, 0) is 47.2 Å². The Labute approximate surface area is 95.8 Å². The van der Waals surface area contributed by atoms with Crippen molar-refractivity contribution in [1.82, 2.24) is 0 Å². The molecule has 0 atom stereocenters. The van der Waals surface area contributed by atoms with E-state index in [2.05, 4.69) is 33.4 Å². The molecule has 0 saturated carbocycles. The number of carbonyl (C=O) groups is 1. The van der Waals surface area contributed by atoms with Crippen molar-refractivity contribution in [3.8, 4) is 6.07 Å². The van der Waals surface area contributed by atoms with Gasteiger partial charge in [-0.15, -0.1) is 0 Å². The molecule has 0 radical (unpaired) electrons.